The molecule has 2 aromatic carbocycles. The standard InChI is InChI=1S/C22H17N3/c1-16-20(19-14-8-9-15-23-19)21(17-10-4-2-5-11-17)22(25-24-16)18-12-6-3-7-13-18/h2-15H,1H3. The molecule has 0 N–H and O–H groups in total. The fraction of sp³-hybridized carbons (Fsp3) is 0.0455. The van der Waals surface area contributed by atoms with Gasteiger partial charge in [-0.05, 0) is 24.6 Å². The van der Waals surface area contributed by atoms with Crippen LogP contribution >= 0.6 is 0 Å². The minimum Gasteiger partial charge on any atom is -0.256 e. The smallest absolute Gasteiger partial charge is 0.101 e. The van der Waals surface area contributed by atoms with Crippen molar-refractivity contribution in [3.63, 3.8) is 0 Å². The van der Waals surface area contributed by atoms with Gasteiger partial charge in [-0.1, -0.05) is 66.7 Å². The summed E-state index contributed by atoms with van der Waals surface area (Å²) in [5.41, 5.74) is 6.91. The Labute approximate surface area is 147 Å². The molecule has 25 heavy (non-hydrogen) atoms. The molecule has 0 aliphatic heterocycles. The van der Waals surface area contributed by atoms with Crippen LogP contribution in [-0.2, 0) is 0 Å². The normalized spacial score (nSPS) is 10.6. The van der Waals surface area contributed by atoms with E-state index >= 15 is 0 Å². The number of aromatic nitrogens is 3. The molecule has 120 valence electrons. The van der Waals surface area contributed by atoms with Gasteiger partial charge >= 0.3 is 0 Å². The number of benzene rings is 2. The predicted octanol–water partition coefficient (Wildman–Crippen LogP) is 5.18. The molecule has 0 saturated heterocycles. The van der Waals surface area contributed by atoms with Crippen LogP contribution in [0.4, 0.5) is 0 Å². The van der Waals surface area contributed by atoms with Crippen LogP contribution in [0.25, 0.3) is 33.6 Å². The highest BCUT2D eigenvalue weighted by Gasteiger charge is 2.19. The average Bonchev–Trinajstić information content (AvgIpc) is 2.70. The molecule has 0 spiro atoms. The van der Waals surface area contributed by atoms with Crippen molar-refractivity contribution in [2.24, 2.45) is 0 Å². The molecule has 0 atom stereocenters. The highest BCUT2D eigenvalue weighted by molar-refractivity contribution is 5.92. The van der Waals surface area contributed by atoms with Crippen LogP contribution < -0.4 is 0 Å². The van der Waals surface area contributed by atoms with E-state index in [-0.39, 0.29) is 0 Å². The fourth-order valence-electron chi connectivity index (χ4n) is 3.03. The van der Waals surface area contributed by atoms with E-state index in [0.29, 0.717) is 0 Å². The van der Waals surface area contributed by atoms with E-state index in [2.05, 4.69) is 39.4 Å². The number of hydrogen-bond acceptors (Lipinski definition) is 3. The number of nitrogens with zero attached hydrogens (tertiary/aromatic N) is 3. The molecular formula is C22H17N3. The second-order valence-corrected chi connectivity index (χ2v) is 5.83. The maximum atomic E-state index is 4.56. The molecule has 2 heterocycles. The number of pyridine rings is 1. The molecule has 3 heteroatoms. The summed E-state index contributed by atoms with van der Waals surface area (Å²) in [7, 11) is 0. The van der Waals surface area contributed by atoms with Gasteiger partial charge in [0.25, 0.3) is 0 Å². The Morgan fingerprint density at radius 1 is 0.600 bits per heavy atom. The lowest BCUT2D eigenvalue weighted by atomic mass is 9.92. The minimum atomic E-state index is 0.872. The van der Waals surface area contributed by atoms with E-state index in [1.807, 2.05) is 67.7 Å². The van der Waals surface area contributed by atoms with E-state index in [1.54, 1.807) is 0 Å². The summed E-state index contributed by atoms with van der Waals surface area (Å²) in [5.74, 6) is 0. The third-order valence-electron chi connectivity index (χ3n) is 4.18. The quantitative estimate of drug-likeness (QED) is 0.521. The van der Waals surface area contributed by atoms with Crippen LogP contribution in [0.1, 0.15) is 5.69 Å². The van der Waals surface area contributed by atoms with Gasteiger partial charge in [-0.3, -0.25) is 4.98 Å². The van der Waals surface area contributed by atoms with E-state index in [1.165, 1.54) is 0 Å². The third-order valence-corrected chi connectivity index (χ3v) is 4.18. The van der Waals surface area contributed by atoms with Crippen LogP contribution in [-0.4, -0.2) is 15.2 Å². The Bertz CT molecular complexity index is 982. The maximum absolute atomic E-state index is 4.56. The molecule has 0 bridgehead atoms. The molecule has 0 unspecified atom stereocenters. The van der Waals surface area contributed by atoms with Crippen molar-refractivity contribution >= 4 is 0 Å². The zero-order chi connectivity index (χ0) is 17.1. The SMILES string of the molecule is Cc1nnc(-c2ccccc2)c(-c2ccccc2)c1-c1ccccn1. The zero-order valence-electron chi connectivity index (χ0n) is 13.9. The molecule has 2 aromatic heterocycles. The van der Waals surface area contributed by atoms with Crippen LogP contribution in [0.3, 0.4) is 0 Å². The molecule has 3 nitrogen and oxygen atoms in total. The first-order valence-electron chi connectivity index (χ1n) is 8.24. The number of aryl methyl sites for hydroxylation is 1. The van der Waals surface area contributed by atoms with Gasteiger partial charge in [0.05, 0.1) is 11.4 Å². The van der Waals surface area contributed by atoms with Crippen molar-refractivity contribution in [1.29, 1.82) is 0 Å². The van der Waals surface area contributed by atoms with E-state index in [4.69, 9.17) is 0 Å². The van der Waals surface area contributed by atoms with Gasteiger partial charge in [-0.25, -0.2) is 0 Å². The summed E-state index contributed by atoms with van der Waals surface area (Å²) in [6.45, 7) is 1.98. The average molecular weight is 323 g/mol. The lowest BCUT2D eigenvalue weighted by molar-refractivity contribution is 0.989. The Morgan fingerprint density at radius 2 is 1.24 bits per heavy atom. The molecule has 0 aliphatic rings. The number of hydrogen-bond donors (Lipinski definition) is 0. The van der Waals surface area contributed by atoms with Gasteiger partial charge in [-0.2, -0.15) is 5.10 Å². The van der Waals surface area contributed by atoms with Crippen molar-refractivity contribution in [3.05, 3.63) is 90.8 Å². The topological polar surface area (TPSA) is 38.7 Å². The van der Waals surface area contributed by atoms with Crippen LogP contribution in [0.15, 0.2) is 85.1 Å². The predicted molar refractivity (Wildman–Crippen MR) is 101 cm³/mol. The van der Waals surface area contributed by atoms with Gasteiger partial charge in [0.1, 0.15) is 5.69 Å². The highest BCUT2D eigenvalue weighted by atomic mass is 15.1. The summed E-state index contributed by atoms with van der Waals surface area (Å²) in [5, 5.41) is 8.96. The minimum absolute atomic E-state index is 0.872. The van der Waals surface area contributed by atoms with Gasteiger partial charge in [0.15, 0.2) is 0 Å². The molecule has 0 amide bonds. The maximum Gasteiger partial charge on any atom is 0.101 e. The van der Waals surface area contributed by atoms with E-state index < -0.39 is 0 Å². The van der Waals surface area contributed by atoms with Gasteiger partial charge in [-0.15, -0.1) is 5.10 Å². The fourth-order valence-corrected chi connectivity index (χ4v) is 3.03. The first kappa shape index (κ1) is 15.2. The third kappa shape index (κ3) is 2.92. The summed E-state index contributed by atoms with van der Waals surface area (Å²) in [6, 6.07) is 26.4. The molecular weight excluding hydrogens is 306 g/mol. The van der Waals surface area contributed by atoms with Crippen LogP contribution in [0, 0.1) is 6.92 Å². The Hall–Kier alpha value is -3.33. The largest absolute Gasteiger partial charge is 0.256 e. The van der Waals surface area contributed by atoms with Gasteiger partial charge in [0.2, 0.25) is 0 Å². The van der Waals surface area contributed by atoms with Crippen LogP contribution in [0.5, 0.6) is 0 Å². The van der Waals surface area contributed by atoms with E-state index in [0.717, 1.165) is 39.3 Å². The zero-order valence-corrected chi connectivity index (χ0v) is 13.9. The Morgan fingerprint density at radius 3 is 1.88 bits per heavy atom. The first-order chi connectivity index (χ1) is 12.3. The summed E-state index contributed by atoms with van der Waals surface area (Å²) in [6.07, 6.45) is 1.81. The van der Waals surface area contributed by atoms with Crippen LogP contribution in [0.2, 0.25) is 0 Å². The summed E-state index contributed by atoms with van der Waals surface area (Å²) < 4.78 is 0. The van der Waals surface area contributed by atoms with Crippen molar-refractivity contribution in [3.8, 4) is 33.6 Å². The molecule has 0 radical (unpaired) electrons. The Kier molecular flexibility index (Phi) is 4.05. The number of rotatable bonds is 3. The molecule has 4 aromatic rings. The van der Waals surface area contributed by atoms with Crippen molar-refractivity contribution in [2.75, 3.05) is 0 Å². The summed E-state index contributed by atoms with van der Waals surface area (Å²) >= 11 is 0. The van der Waals surface area contributed by atoms with Crippen molar-refractivity contribution in [1.82, 2.24) is 15.2 Å². The monoisotopic (exact) mass is 323 g/mol. The van der Waals surface area contributed by atoms with E-state index in [9.17, 15) is 0 Å². The first-order valence-corrected chi connectivity index (χ1v) is 8.24. The molecule has 0 fully saturated rings. The van der Waals surface area contributed by atoms with Gasteiger partial charge < -0.3 is 0 Å². The molecule has 4 rings (SSSR count). The van der Waals surface area contributed by atoms with Gasteiger partial charge in [0, 0.05) is 22.9 Å². The second kappa shape index (κ2) is 6.65. The lowest BCUT2D eigenvalue weighted by Crippen LogP contribution is -2.01. The second-order valence-electron chi connectivity index (χ2n) is 5.83. The van der Waals surface area contributed by atoms with Crippen molar-refractivity contribution in [2.45, 2.75) is 6.92 Å². The Balaban J connectivity index is 2.08. The van der Waals surface area contributed by atoms with Crippen molar-refractivity contribution < 1.29 is 0 Å². The summed E-state index contributed by atoms with van der Waals surface area (Å²) in [4.78, 5) is 4.56. The molecule has 0 saturated carbocycles. The highest BCUT2D eigenvalue weighted by Crippen LogP contribution is 2.38. The lowest BCUT2D eigenvalue weighted by Gasteiger charge is -2.16. The molecule has 0 aliphatic carbocycles.